The number of anilines is 1. The van der Waals surface area contributed by atoms with Crippen LogP contribution in [0.3, 0.4) is 0 Å². The van der Waals surface area contributed by atoms with Crippen LogP contribution in [0.4, 0.5) is 5.69 Å². The molecule has 88 valence electrons. The molecule has 0 atom stereocenters. The van der Waals surface area contributed by atoms with Gasteiger partial charge >= 0.3 is 0 Å². The van der Waals surface area contributed by atoms with E-state index in [9.17, 15) is 0 Å². The minimum Gasteiger partial charge on any atom is -0.398 e. The van der Waals surface area contributed by atoms with Gasteiger partial charge in [0.15, 0.2) is 0 Å². The molecule has 0 amide bonds. The lowest BCUT2D eigenvalue weighted by molar-refractivity contribution is 0.100. The molecule has 2 N–H and O–H groups in total. The van der Waals surface area contributed by atoms with Gasteiger partial charge in [0.1, 0.15) is 0 Å². The lowest BCUT2D eigenvalue weighted by atomic mass is 10.2. The highest BCUT2D eigenvalue weighted by Gasteiger charge is 2.16. The SMILES string of the molecule is Cc1cc(N)c(Cl)cc1SC1CCOCC1. The van der Waals surface area contributed by atoms with Crippen LogP contribution in [0, 0.1) is 6.92 Å². The van der Waals surface area contributed by atoms with Gasteiger partial charge in [-0.1, -0.05) is 11.6 Å². The number of benzene rings is 1. The van der Waals surface area contributed by atoms with E-state index < -0.39 is 0 Å². The fourth-order valence-corrected chi connectivity index (χ4v) is 3.23. The Kier molecular flexibility index (Phi) is 4.00. The topological polar surface area (TPSA) is 35.2 Å². The third kappa shape index (κ3) is 2.84. The summed E-state index contributed by atoms with van der Waals surface area (Å²) in [7, 11) is 0. The highest BCUT2D eigenvalue weighted by atomic mass is 35.5. The molecule has 0 saturated carbocycles. The first-order chi connectivity index (χ1) is 7.66. The second-order valence-corrected chi connectivity index (χ2v) is 5.82. The van der Waals surface area contributed by atoms with Crippen LogP contribution in [0.2, 0.25) is 5.02 Å². The summed E-state index contributed by atoms with van der Waals surface area (Å²) in [6.45, 7) is 3.83. The standard InChI is InChI=1S/C12H16ClNOS/c1-8-6-11(14)10(13)7-12(8)16-9-2-4-15-5-3-9/h6-7,9H,2-5,14H2,1H3. The minimum absolute atomic E-state index is 0.646. The molecule has 0 spiro atoms. The average Bonchev–Trinajstić information content (AvgIpc) is 2.27. The zero-order chi connectivity index (χ0) is 11.5. The monoisotopic (exact) mass is 257 g/mol. The predicted molar refractivity (Wildman–Crippen MR) is 70.3 cm³/mol. The molecule has 1 heterocycles. The first kappa shape index (κ1) is 12.1. The van der Waals surface area contributed by atoms with E-state index in [-0.39, 0.29) is 0 Å². The average molecular weight is 258 g/mol. The lowest BCUT2D eigenvalue weighted by Crippen LogP contribution is -2.17. The molecule has 0 unspecified atom stereocenters. The Balaban J connectivity index is 2.11. The normalized spacial score (nSPS) is 17.6. The van der Waals surface area contributed by atoms with Gasteiger partial charge in [0.25, 0.3) is 0 Å². The Morgan fingerprint density at radius 3 is 2.75 bits per heavy atom. The fraction of sp³-hybridized carbons (Fsp3) is 0.500. The van der Waals surface area contributed by atoms with Crippen LogP contribution in [0.5, 0.6) is 0 Å². The van der Waals surface area contributed by atoms with Crippen molar-refractivity contribution in [2.45, 2.75) is 29.9 Å². The van der Waals surface area contributed by atoms with Crippen LogP contribution < -0.4 is 5.73 Å². The van der Waals surface area contributed by atoms with Crippen LogP contribution in [0.1, 0.15) is 18.4 Å². The maximum atomic E-state index is 6.04. The van der Waals surface area contributed by atoms with E-state index in [4.69, 9.17) is 22.1 Å². The van der Waals surface area contributed by atoms with Crippen LogP contribution >= 0.6 is 23.4 Å². The molecule has 2 nitrogen and oxygen atoms in total. The summed E-state index contributed by atoms with van der Waals surface area (Å²) in [6.07, 6.45) is 2.23. The van der Waals surface area contributed by atoms with E-state index in [1.807, 2.05) is 23.9 Å². The van der Waals surface area contributed by atoms with Crippen LogP contribution in [0.15, 0.2) is 17.0 Å². The van der Waals surface area contributed by atoms with Crippen molar-refractivity contribution in [3.8, 4) is 0 Å². The van der Waals surface area contributed by atoms with Gasteiger partial charge in [0, 0.05) is 23.4 Å². The molecule has 0 bridgehead atoms. The molecule has 1 fully saturated rings. The molecule has 1 aliphatic rings. The molecule has 16 heavy (non-hydrogen) atoms. The molecular weight excluding hydrogens is 242 g/mol. The van der Waals surface area contributed by atoms with Crippen molar-refractivity contribution in [1.82, 2.24) is 0 Å². The molecule has 0 aromatic heterocycles. The molecule has 0 aliphatic carbocycles. The molecule has 1 saturated heterocycles. The van der Waals surface area contributed by atoms with Gasteiger partial charge < -0.3 is 10.5 Å². The summed E-state index contributed by atoms with van der Waals surface area (Å²) < 4.78 is 5.35. The molecule has 0 radical (unpaired) electrons. The van der Waals surface area contributed by atoms with E-state index in [1.54, 1.807) is 0 Å². The third-order valence-electron chi connectivity index (χ3n) is 2.76. The first-order valence-electron chi connectivity index (χ1n) is 5.47. The zero-order valence-corrected chi connectivity index (χ0v) is 10.9. The first-order valence-corrected chi connectivity index (χ1v) is 6.72. The Morgan fingerprint density at radius 2 is 2.06 bits per heavy atom. The van der Waals surface area contributed by atoms with Gasteiger partial charge in [0.05, 0.1) is 10.7 Å². The molecule has 2 rings (SSSR count). The van der Waals surface area contributed by atoms with Gasteiger partial charge in [0.2, 0.25) is 0 Å². The number of nitrogens with two attached hydrogens (primary N) is 1. The highest BCUT2D eigenvalue weighted by Crippen LogP contribution is 2.35. The van der Waals surface area contributed by atoms with E-state index in [0.29, 0.717) is 16.0 Å². The van der Waals surface area contributed by atoms with Crippen molar-refractivity contribution in [3.05, 3.63) is 22.7 Å². The molecule has 4 heteroatoms. The van der Waals surface area contributed by atoms with Gasteiger partial charge in [-0.2, -0.15) is 0 Å². The maximum absolute atomic E-state index is 6.04. The van der Waals surface area contributed by atoms with Gasteiger partial charge in [-0.15, -0.1) is 11.8 Å². The summed E-state index contributed by atoms with van der Waals surface area (Å²) in [4.78, 5) is 1.24. The maximum Gasteiger partial charge on any atom is 0.0646 e. The second kappa shape index (κ2) is 5.30. The van der Waals surface area contributed by atoms with Crippen LogP contribution in [-0.2, 0) is 4.74 Å². The van der Waals surface area contributed by atoms with Gasteiger partial charge in [-0.25, -0.2) is 0 Å². The highest BCUT2D eigenvalue weighted by molar-refractivity contribution is 8.00. The summed E-state index contributed by atoms with van der Waals surface area (Å²) in [5.74, 6) is 0. The van der Waals surface area contributed by atoms with Crippen molar-refractivity contribution in [2.24, 2.45) is 0 Å². The number of rotatable bonds is 2. The number of thioether (sulfide) groups is 1. The minimum atomic E-state index is 0.646. The third-order valence-corrected chi connectivity index (χ3v) is 4.58. The molecule has 1 aromatic rings. The van der Waals surface area contributed by atoms with Gasteiger partial charge in [-0.3, -0.25) is 0 Å². The number of nitrogen functional groups attached to an aromatic ring is 1. The van der Waals surface area contributed by atoms with Crippen molar-refractivity contribution in [1.29, 1.82) is 0 Å². The number of hydrogen-bond acceptors (Lipinski definition) is 3. The van der Waals surface area contributed by atoms with Crippen molar-refractivity contribution >= 4 is 29.1 Å². The Bertz CT molecular complexity index is 378. The van der Waals surface area contributed by atoms with E-state index in [1.165, 1.54) is 10.5 Å². The van der Waals surface area contributed by atoms with Crippen molar-refractivity contribution in [2.75, 3.05) is 18.9 Å². The number of ether oxygens (including phenoxy) is 1. The summed E-state index contributed by atoms with van der Waals surface area (Å²) in [5, 5.41) is 1.30. The van der Waals surface area contributed by atoms with E-state index >= 15 is 0 Å². The Morgan fingerprint density at radius 1 is 1.38 bits per heavy atom. The summed E-state index contributed by atoms with van der Waals surface area (Å²) in [6, 6.07) is 3.93. The largest absolute Gasteiger partial charge is 0.398 e. The van der Waals surface area contributed by atoms with E-state index in [0.717, 1.165) is 26.1 Å². The zero-order valence-electron chi connectivity index (χ0n) is 9.33. The number of hydrogen-bond donors (Lipinski definition) is 1. The Labute approximate surface area is 105 Å². The van der Waals surface area contributed by atoms with Crippen LogP contribution in [0.25, 0.3) is 0 Å². The summed E-state index contributed by atoms with van der Waals surface area (Å²) in [5.41, 5.74) is 7.63. The number of aryl methyl sites for hydroxylation is 1. The van der Waals surface area contributed by atoms with Crippen molar-refractivity contribution in [3.63, 3.8) is 0 Å². The van der Waals surface area contributed by atoms with Crippen LogP contribution in [-0.4, -0.2) is 18.5 Å². The van der Waals surface area contributed by atoms with Crippen molar-refractivity contribution < 1.29 is 4.74 Å². The Hall–Kier alpha value is -0.380. The molecule has 1 aromatic carbocycles. The number of halogens is 1. The quantitative estimate of drug-likeness (QED) is 0.824. The predicted octanol–water partition coefficient (Wildman–Crippen LogP) is 3.50. The molecular formula is C12H16ClNOS. The second-order valence-electron chi connectivity index (χ2n) is 4.07. The fourth-order valence-electron chi connectivity index (χ4n) is 1.79. The van der Waals surface area contributed by atoms with Gasteiger partial charge in [-0.05, 0) is 37.5 Å². The smallest absolute Gasteiger partial charge is 0.0646 e. The lowest BCUT2D eigenvalue weighted by Gasteiger charge is -2.22. The summed E-state index contributed by atoms with van der Waals surface area (Å²) >= 11 is 7.93. The van der Waals surface area contributed by atoms with E-state index in [2.05, 4.69) is 6.92 Å². The molecule has 1 aliphatic heterocycles.